The van der Waals surface area contributed by atoms with Gasteiger partial charge in [0.25, 0.3) is 0 Å². The smallest absolute Gasteiger partial charge is 0.211 e. The van der Waals surface area contributed by atoms with Crippen LogP contribution in [0.1, 0.15) is 0 Å². The molecule has 0 spiro atoms. The number of aromatic nitrogens is 1. The van der Waals surface area contributed by atoms with Crippen LogP contribution in [0.3, 0.4) is 0 Å². The van der Waals surface area contributed by atoms with Crippen LogP contribution in [0, 0.1) is 6.07 Å². The summed E-state index contributed by atoms with van der Waals surface area (Å²) in [5, 5.41) is 2.43. The normalized spacial score (nSPS) is 8.44. The highest BCUT2D eigenvalue weighted by molar-refractivity contribution is 5.70. The fourth-order valence-electron chi connectivity index (χ4n) is 0.469. The number of carbonyl (C=O) groups is 1. The van der Waals surface area contributed by atoms with Crippen molar-refractivity contribution < 1.29 is 4.79 Å². The van der Waals surface area contributed by atoms with Crippen LogP contribution in [0.2, 0.25) is 0 Å². The summed E-state index contributed by atoms with van der Waals surface area (Å²) in [6.07, 6.45) is 3.68. The molecule has 0 aromatic carbocycles. The molecule has 1 N–H and O–H groups in total. The van der Waals surface area contributed by atoms with Gasteiger partial charge in [0.2, 0.25) is 6.41 Å². The maximum absolute atomic E-state index is 9.82. The molecule has 45 valence electrons. The average molecular weight is 121 g/mol. The van der Waals surface area contributed by atoms with E-state index in [0.717, 1.165) is 0 Å². The largest absolute Gasteiger partial charge is 0.328 e. The highest BCUT2D eigenvalue weighted by atomic mass is 16.1. The van der Waals surface area contributed by atoms with Gasteiger partial charge in [0, 0.05) is 18.5 Å². The molecule has 9 heavy (non-hydrogen) atoms. The van der Waals surface area contributed by atoms with E-state index in [2.05, 4.69) is 16.4 Å². The quantitative estimate of drug-likeness (QED) is 0.577. The molecule has 1 rings (SSSR count). The molecule has 0 aliphatic rings. The standard InChI is InChI=1S/C6H5N2O/c9-5-8-6-1-3-7-4-2-6/h1,3-5H,(H,7,8,9). The fourth-order valence-corrected chi connectivity index (χ4v) is 0.469. The Morgan fingerprint density at radius 2 is 2.67 bits per heavy atom. The number of rotatable bonds is 2. The van der Waals surface area contributed by atoms with E-state index in [-0.39, 0.29) is 0 Å². The first-order chi connectivity index (χ1) is 4.43. The molecule has 1 aromatic rings. The van der Waals surface area contributed by atoms with Gasteiger partial charge in [0.05, 0.1) is 5.69 Å². The summed E-state index contributed by atoms with van der Waals surface area (Å²) >= 11 is 0. The third kappa shape index (κ3) is 1.53. The first kappa shape index (κ1) is 5.75. The number of nitrogens with one attached hydrogen (secondary N) is 1. The van der Waals surface area contributed by atoms with E-state index in [9.17, 15) is 4.79 Å². The Bertz CT molecular complexity index is 186. The van der Waals surface area contributed by atoms with Gasteiger partial charge < -0.3 is 5.32 Å². The molecule has 3 nitrogen and oxygen atoms in total. The Morgan fingerprint density at radius 1 is 1.78 bits per heavy atom. The monoisotopic (exact) mass is 121 g/mol. The number of amides is 1. The maximum Gasteiger partial charge on any atom is 0.211 e. The van der Waals surface area contributed by atoms with Gasteiger partial charge in [0.1, 0.15) is 0 Å². The minimum Gasteiger partial charge on any atom is -0.328 e. The zero-order valence-corrected chi connectivity index (χ0v) is 4.66. The summed E-state index contributed by atoms with van der Waals surface area (Å²) in [6, 6.07) is 4.38. The second kappa shape index (κ2) is 2.81. The SMILES string of the molecule is O=CNc1[c]cncc1. The maximum atomic E-state index is 9.82. The highest BCUT2D eigenvalue weighted by Gasteiger charge is 1.83. The van der Waals surface area contributed by atoms with Crippen LogP contribution < -0.4 is 5.32 Å². The first-order valence-corrected chi connectivity index (χ1v) is 2.45. The van der Waals surface area contributed by atoms with Crippen LogP contribution in [0.25, 0.3) is 0 Å². The zero-order valence-electron chi connectivity index (χ0n) is 4.66. The Morgan fingerprint density at radius 3 is 3.22 bits per heavy atom. The summed E-state index contributed by atoms with van der Waals surface area (Å²) < 4.78 is 0. The number of anilines is 1. The molecule has 0 saturated carbocycles. The van der Waals surface area contributed by atoms with Crippen LogP contribution >= 0.6 is 0 Å². The van der Waals surface area contributed by atoms with Crippen molar-refractivity contribution >= 4 is 12.1 Å². The van der Waals surface area contributed by atoms with Gasteiger partial charge in [-0.25, -0.2) is 0 Å². The van der Waals surface area contributed by atoms with Crippen LogP contribution in [0.4, 0.5) is 5.69 Å². The molecular weight excluding hydrogens is 116 g/mol. The summed E-state index contributed by atoms with van der Waals surface area (Å²) in [6.45, 7) is 0. The Balaban J connectivity index is 2.72. The molecule has 1 aromatic heterocycles. The zero-order chi connectivity index (χ0) is 6.53. The van der Waals surface area contributed by atoms with Gasteiger partial charge in [-0.1, -0.05) is 0 Å². The van der Waals surface area contributed by atoms with Crippen molar-refractivity contribution in [3.8, 4) is 0 Å². The van der Waals surface area contributed by atoms with Gasteiger partial charge >= 0.3 is 0 Å². The van der Waals surface area contributed by atoms with Crippen LogP contribution in [-0.2, 0) is 4.79 Å². The number of carbonyl (C=O) groups excluding carboxylic acids is 1. The van der Waals surface area contributed by atoms with Crippen molar-refractivity contribution in [2.45, 2.75) is 0 Å². The predicted octanol–water partition coefficient (Wildman–Crippen LogP) is 0.450. The molecule has 1 radical (unpaired) electrons. The molecular formula is C6H5N2O. The Labute approximate surface area is 52.7 Å². The minimum absolute atomic E-state index is 0.603. The number of hydrogen-bond donors (Lipinski definition) is 1. The molecule has 1 heterocycles. The molecule has 0 atom stereocenters. The minimum atomic E-state index is 0.603. The lowest BCUT2D eigenvalue weighted by molar-refractivity contribution is -0.105. The lowest BCUT2D eigenvalue weighted by Gasteiger charge is -1.91. The van der Waals surface area contributed by atoms with E-state index >= 15 is 0 Å². The van der Waals surface area contributed by atoms with E-state index in [0.29, 0.717) is 12.1 Å². The summed E-state index contributed by atoms with van der Waals surface area (Å²) in [5.74, 6) is 0. The summed E-state index contributed by atoms with van der Waals surface area (Å²) in [7, 11) is 0. The van der Waals surface area contributed by atoms with Crippen LogP contribution in [0.15, 0.2) is 18.5 Å². The second-order valence-corrected chi connectivity index (χ2v) is 1.41. The second-order valence-electron chi connectivity index (χ2n) is 1.41. The molecule has 0 fully saturated rings. The molecule has 0 saturated heterocycles. The molecule has 0 aliphatic carbocycles. The van der Waals surface area contributed by atoms with E-state index in [1.54, 1.807) is 12.3 Å². The van der Waals surface area contributed by atoms with Crippen molar-refractivity contribution in [2.24, 2.45) is 0 Å². The van der Waals surface area contributed by atoms with Crippen LogP contribution in [0.5, 0.6) is 0 Å². The van der Waals surface area contributed by atoms with Crippen LogP contribution in [-0.4, -0.2) is 11.4 Å². The summed E-state index contributed by atoms with van der Waals surface area (Å²) in [4.78, 5) is 13.5. The lowest BCUT2D eigenvalue weighted by Crippen LogP contribution is -1.92. The summed E-state index contributed by atoms with van der Waals surface area (Å²) in [5.41, 5.74) is 0.639. The van der Waals surface area contributed by atoms with Gasteiger partial charge in [-0.3, -0.25) is 9.78 Å². The third-order valence-corrected chi connectivity index (χ3v) is 0.836. The highest BCUT2D eigenvalue weighted by Crippen LogP contribution is 1.98. The third-order valence-electron chi connectivity index (χ3n) is 0.836. The molecule has 1 amide bonds. The first-order valence-electron chi connectivity index (χ1n) is 2.45. The molecule has 3 heteroatoms. The number of pyridine rings is 1. The average Bonchev–Trinajstić information content (AvgIpc) is 1.91. The van der Waals surface area contributed by atoms with Crippen molar-refractivity contribution in [3.05, 3.63) is 24.5 Å². The van der Waals surface area contributed by atoms with Gasteiger partial charge in [-0.15, -0.1) is 0 Å². The molecule has 0 bridgehead atoms. The molecule has 0 unspecified atom stereocenters. The topological polar surface area (TPSA) is 42.0 Å². The van der Waals surface area contributed by atoms with Gasteiger partial charge in [-0.05, 0) is 6.07 Å². The van der Waals surface area contributed by atoms with E-state index in [1.165, 1.54) is 6.20 Å². The predicted molar refractivity (Wildman–Crippen MR) is 32.8 cm³/mol. The molecule has 0 aliphatic heterocycles. The Hall–Kier alpha value is -1.38. The van der Waals surface area contributed by atoms with E-state index in [4.69, 9.17) is 0 Å². The Kier molecular flexibility index (Phi) is 1.80. The van der Waals surface area contributed by atoms with Crippen molar-refractivity contribution in [2.75, 3.05) is 5.32 Å². The fraction of sp³-hybridized carbons (Fsp3) is 0. The lowest BCUT2D eigenvalue weighted by atomic mass is 10.4. The van der Waals surface area contributed by atoms with Crippen molar-refractivity contribution in [3.63, 3.8) is 0 Å². The van der Waals surface area contributed by atoms with Gasteiger partial charge in [-0.2, -0.15) is 0 Å². The van der Waals surface area contributed by atoms with E-state index < -0.39 is 0 Å². The van der Waals surface area contributed by atoms with Crippen molar-refractivity contribution in [1.82, 2.24) is 4.98 Å². The van der Waals surface area contributed by atoms with E-state index in [1.807, 2.05) is 0 Å². The van der Waals surface area contributed by atoms with Crippen molar-refractivity contribution in [1.29, 1.82) is 0 Å². The number of hydrogen-bond acceptors (Lipinski definition) is 2. The number of nitrogens with zero attached hydrogens (tertiary/aromatic N) is 1. The van der Waals surface area contributed by atoms with Gasteiger partial charge in [0.15, 0.2) is 0 Å².